The van der Waals surface area contributed by atoms with Crippen molar-refractivity contribution in [2.24, 2.45) is 0 Å². The van der Waals surface area contributed by atoms with Crippen molar-refractivity contribution in [2.75, 3.05) is 39.0 Å². The summed E-state index contributed by atoms with van der Waals surface area (Å²) in [5.74, 6) is 0.512. The van der Waals surface area contributed by atoms with Gasteiger partial charge in [0.25, 0.3) is 5.91 Å². The van der Waals surface area contributed by atoms with E-state index in [0.717, 1.165) is 19.4 Å². The van der Waals surface area contributed by atoms with E-state index in [0.29, 0.717) is 50.3 Å². The summed E-state index contributed by atoms with van der Waals surface area (Å²) in [5, 5.41) is 0. The smallest absolute Gasteiger partial charge is 0.257 e. The molecule has 2 saturated heterocycles. The standard InChI is InChI=1S/C20H30N2O5S/c1-3-21(15-17-7-6-14-26-17)20(23)18-8-4-5-9-19(18)27-16-10-12-22(13-11-16)28(2,24)25/h4-5,8-9,16-17H,3,6-7,10-15H2,1-2H3. The summed E-state index contributed by atoms with van der Waals surface area (Å²) in [6, 6.07) is 7.30. The van der Waals surface area contributed by atoms with Gasteiger partial charge in [0.1, 0.15) is 11.9 Å². The van der Waals surface area contributed by atoms with Crippen LogP contribution in [0.2, 0.25) is 0 Å². The molecule has 3 rings (SSSR count). The Morgan fingerprint density at radius 2 is 1.96 bits per heavy atom. The number of para-hydroxylation sites is 1. The minimum Gasteiger partial charge on any atom is -0.489 e. The van der Waals surface area contributed by atoms with Gasteiger partial charge in [-0.05, 0) is 44.7 Å². The summed E-state index contributed by atoms with van der Waals surface area (Å²) in [4.78, 5) is 14.9. The maximum absolute atomic E-state index is 13.1. The lowest BCUT2D eigenvalue weighted by Gasteiger charge is -2.31. The van der Waals surface area contributed by atoms with Crippen molar-refractivity contribution < 1.29 is 22.7 Å². The molecule has 0 radical (unpaired) electrons. The second kappa shape index (κ2) is 9.24. The quantitative estimate of drug-likeness (QED) is 0.688. The zero-order valence-electron chi connectivity index (χ0n) is 16.7. The number of sulfonamides is 1. The summed E-state index contributed by atoms with van der Waals surface area (Å²) in [7, 11) is -3.16. The largest absolute Gasteiger partial charge is 0.489 e. The number of nitrogens with zero attached hydrogens (tertiary/aromatic N) is 2. The highest BCUT2D eigenvalue weighted by Gasteiger charge is 2.28. The topological polar surface area (TPSA) is 76.2 Å². The molecular weight excluding hydrogens is 380 g/mol. The Kier molecular flexibility index (Phi) is 6.95. The second-order valence-corrected chi connectivity index (χ2v) is 9.44. The van der Waals surface area contributed by atoms with Gasteiger partial charge in [0.2, 0.25) is 10.0 Å². The molecule has 1 unspecified atom stereocenters. The molecule has 7 nitrogen and oxygen atoms in total. The Labute approximate surface area is 167 Å². The molecule has 156 valence electrons. The van der Waals surface area contributed by atoms with E-state index in [1.54, 1.807) is 6.07 Å². The van der Waals surface area contributed by atoms with E-state index in [1.807, 2.05) is 30.0 Å². The number of likely N-dealkylation sites (N-methyl/N-ethyl adjacent to an activating group) is 1. The van der Waals surface area contributed by atoms with E-state index in [9.17, 15) is 13.2 Å². The van der Waals surface area contributed by atoms with Crippen molar-refractivity contribution in [1.82, 2.24) is 9.21 Å². The molecule has 1 aromatic rings. The number of carbonyl (C=O) groups is 1. The van der Waals surface area contributed by atoms with E-state index >= 15 is 0 Å². The molecule has 0 saturated carbocycles. The minimum absolute atomic E-state index is 0.0535. The molecule has 0 bridgehead atoms. The molecule has 2 fully saturated rings. The summed E-state index contributed by atoms with van der Waals surface area (Å²) in [6.45, 7) is 4.83. The first-order valence-electron chi connectivity index (χ1n) is 10.00. The van der Waals surface area contributed by atoms with Gasteiger partial charge < -0.3 is 14.4 Å². The number of hydrogen-bond donors (Lipinski definition) is 0. The third-order valence-corrected chi connectivity index (χ3v) is 6.70. The van der Waals surface area contributed by atoms with Crippen LogP contribution in [0.4, 0.5) is 0 Å². The van der Waals surface area contributed by atoms with Gasteiger partial charge in [0, 0.05) is 32.8 Å². The fourth-order valence-electron chi connectivity index (χ4n) is 3.77. The molecule has 2 aliphatic rings. The molecule has 1 aromatic carbocycles. The first kappa shape index (κ1) is 21.1. The number of amides is 1. The molecular formula is C20H30N2O5S. The second-order valence-electron chi connectivity index (χ2n) is 7.45. The van der Waals surface area contributed by atoms with Crippen LogP contribution in [0.5, 0.6) is 5.75 Å². The molecule has 1 atom stereocenters. The van der Waals surface area contributed by atoms with Crippen LogP contribution in [0.15, 0.2) is 24.3 Å². The van der Waals surface area contributed by atoms with Gasteiger partial charge in [-0.2, -0.15) is 0 Å². The van der Waals surface area contributed by atoms with Crippen molar-refractivity contribution in [3.63, 3.8) is 0 Å². The van der Waals surface area contributed by atoms with Crippen molar-refractivity contribution in [2.45, 2.75) is 44.8 Å². The fourth-order valence-corrected chi connectivity index (χ4v) is 4.64. The van der Waals surface area contributed by atoms with Crippen molar-refractivity contribution in [1.29, 1.82) is 0 Å². The van der Waals surface area contributed by atoms with Crippen LogP contribution >= 0.6 is 0 Å². The Morgan fingerprint density at radius 3 is 2.57 bits per heavy atom. The highest BCUT2D eigenvalue weighted by Crippen LogP contribution is 2.25. The van der Waals surface area contributed by atoms with Crippen LogP contribution in [0.3, 0.4) is 0 Å². The molecule has 8 heteroatoms. The summed E-state index contributed by atoms with van der Waals surface area (Å²) >= 11 is 0. The lowest BCUT2D eigenvalue weighted by atomic mass is 10.1. The summed E-state index contributed by atoms with van der Waals surface area (Å²) in [5.41, 5.74) is 0.549. The number of piperidine rings is 1. The number of rotatable bonds is 7. The van der Waals surface area contributed by atoms with Gasteiger partial charge in [0.15, 0.2) is 0 Å². The van der Waals surface area contributed by atoms with Crippen LogP contribution in [0.25, 0.3) is 0 Å². The van der Waals surface area contributed by atoms with Gasteiger partial charge in [-0.25, -0.2) is 12.7 Å². The first-order valence-corrected chi connectivity index (χ1v) is 11.8. The van der Waals surface area contributed by atoms with E-state index in [2.05, 4.69) is 0 Å². The van der Waals surface area contributed by atoms with Crippen molar-refractivity contribution in [3.8, 4) is 5.75 Å². The predicted octanol–water partition coefficient (Wildman–Crippen LogP) is 2.13. The van der Waals surface area contributed by atoms with Crippen LogP contribution in [-0.2, 0) is 14.8 Å². The number of benzene rings is 1. The predicted molar refractivity (Wildman–Crippen MR) is 107 cm³/mol. The Hall–Kier alpha value is -1.64. The average molecular weight is 411 g/mol. The maximum atomic E-state index is 13.1. The van der Waals surface area contributed by atoms with Crippen LogP contribution in [-0.4, -0.2) is 74.8 Å². The van der Waals surface area contributed by atoms with Gasteiger partial charge >= 0.3 is 0 Å². The zero-order chi connectivity index (χ0) is 20.1. The highest BCUT2D eigenvalue weighted by atomic mass is 32.2. The van der Waals surface area contributed by atoms with E-state index in [-0.39, 0.29) is 18.1 Å². The molecule has 0 spiro atoms. The zero-order valence-corrected chi connectivity index (χ0v) is 17.5. The number of carbonyl (C=O) groups excluding carboxylic acids is 1. The minimum atomic E-state index is -3.16. The molecule has 0 N–H and O–H groups in total. The van der Waals surface area contributed by atoms with Gasteiger partial charge in [-0.3, -0.25) is 4.79 Å². The van der Waals surface area contributed by atoms with Gasteiger partial charge in [0.05, 0.1) is 17.9 Å². The maximum Gasteiger partial charge on any atom is 0.257 e. The van der Waals surface area contributed by atoms with Crippen LogP contribution in [0, 0.1) is 0 Å². The summed E-state index contributed by atoms with van der Waals surface area (Å²) in [6.07, 6.45) is 4.50. The Balaban J connectivity index is 1.66. The monoisotopic (exact) mass is 410 g/mol. The molecule has 2 aliphatic heterocycles. The molecule has 0 aromatic heterocycles. The number of ether oxygens (including phenoxy) is 2. The highest BCUT2D eigenvalue weighted by molar-refractivity contribution is 7.88. The van der Waals surface area contributed by atoms with E-state index in [1.165, 1.54) is 10.6 Å². The van der Waals surface area contributed by atoms with Crippen LogP contribution in [0.1, 0.15) is 43.0 Å². The molecule has 1 amide bonds. The fraction of sp³-hybridized carbons (Fsp3) is 0.650. The van der Waals surface area contributed by atoms with Crippen LogP contribution < -0.4 is 4.74 Å². The normalized spacial score (nSPS) is 21.6. The van der Waals surface area contributed by atoms with Crippen molar-refractivity contribution in [3.05, 3.63) is 29.8 Å². The van der Waals surface area contributed by atoms with Gasteiger partial charge in [-0.15, -0.1) is 0 Å². The van der Waals surface area contributed by atoms with E-state index < -0.39 is 10.0 Å². The average Bonchev–Trinajstić information content (AvgIpc) is 3.19. The third kappa shape index (κ3) is 5.24. The SMILES string of the molecule is CCN(CC1CCCO1)C(=O)c1ccccc1OC1CCN(S(C)(=O)=O)CC1. The van der Waals surface area contributed by atoms with Gasteiger partial charge in [-0.1, -0.05) is 12.1 Å². The molecule has 28 heavy (non-hydrogen) atoms. The molecule has 2 heterocycles. The first-order chi connectivity index (χ1) is 13.4. The Bertz CT molecular complexity index is 769. The molecule has 0 aliphatic carbocycles. The lowest BCUT2D eigenvalue weighted by molar-refractivity contribution is 0.0532. The van der Waals surface area contributed by atoms with E-state index in [4.69, 9.17) is 9.47 Å². The van der Waals surface area contributed by atoms with Crippen molar-refractivity contribution >= 4 is 15.9 Å². The lowest BCUT2D eigenvalue weighted by Crippen LogP contribution is -2.41. The Morgan fingerprint density at radius 1 is 1.25 bits per heavy atom. The summed E-state index contributed by atoms with van der Waals surface area (Å²) < 4.78 is 36.6. The third-order valence-electron chi connectivity index (χ3n) is 5.40. The number of hydrogen-bond acceptors (Lipinski definition) is 5.